The number of ether oxygens (including phenoxy) is 2. The molecule has 1 atom stereocenters. The van der Waals surface area contributed by atoms with E-state index in [1.165, 1.54) is 12.0 Å². The first kappa shape index (κ1) is 22.4. The molecule has 0 aliphatic carbocycles. The zero-order valence-corrected chi connectivity index (χ0v) is 20.0. The van der Waals surface area contributed by atoms with Crippen LogP contribution in [0.15, 0.2) is 78.5 Å². The van der Waals surface area contributed by atoms with Crippen LogP contribution in [0.1, 0.15) is 17.2 Å². The second kappa shape index (κ2) is 8.56. The van der Waals surface area contributed by atoms with E-state index in [-0.39, 0.29) is 17.3 Å². The summed E-state index contributed by atoms with van der Waals surface area (Å²) >= 11 is 0. The molecule has 0 bridgehead atoms. The number of nitrogens with zero attached hydrogens (tertiary/aromatic N) is 2. The maximum atomic E-state index is 13.5. The van der Waals surface area contributed by atoms with Crippen LogP contribution < -0.4 is 14.4 Å². The second-order valence-corrected chi connectivity index (χ2v) is 8.64. The maximum absolute atomic E-state index is 13.5. The number of hydrogen-bond acceptors (Lipinski definition) is 6. The number of fused-ring (bicyclic) bond motifs is 2. The quantitative estimate of drug-likeness (QED) is 0.185. The Balaban J connectivity index is 1.58. The highest BCUT2D eigenvalue weighted by atomic mass is 16.5. The molecule has 9 nitrogen and oxygen atoms in total. The summed E-state index contributed by atoms with van der Waals surface area (Å²) in [4.78, 5) is 39.1. The summed E-state index contributed by atoms with van der Waals surface area (Å²) in [5.74, 6) is -0.549. The molecule has 1 unspecified atom stereocenters. The van der Waals surface area contributed by atoms with Gasteiger partial charge in [0.15, 0.2) is 0 Å². The number of benzene rings is 3. The number of imidazole rings is 1. The van der Waals surface area contributed by atoms with Gasteiger partial charge < -0.3 is 24.5 Å². The van der Waals surface area contributed by atoms with E-state index >= 15 is 0 Å². The van der Waals surface area contributed by atoms with E-state index in [2.05, 4.69) is 15.0 Å². The minimum atomic E-state index is -0.953. The fourth-order valence-corrected chi connectivity index (χ4v) is 4.81. The van der Waals surface area contributed by atoms with Gasteiger partial charge in [-0.25, -0.2) is 4.98 Å². The molecule has 37 heavy (non-hydrogen) atoms. The number of ketones is 1. The second-order valence-electron chi connectivity index (χ2n) is 8.64. The number of aliphatic hydroxyl groups is 1. The average molecular weight is 495 g/mol. The number of carbonyl (C=O) groups excluding carboxylic acids is 2. The zero-order valence-electron chi connectivity index (χ0n) is 20.0. The van der Waals surface area contributed by atoms with Gasteiger partial charge in [0.25, 0.3) is 5.78 Å². The largest absolute Gasteiger partial charge is 0.507 e. The molecule has 3 N–H and O–H groups in total. The number of aromatic nitrogens is 3. The lowest BCUT2D eigenvalue weighted by Gasteiger charge is -2.23. The van der Waals surface area contributed by atoms with E-state index < -0.39 is 17.7 Å². The van der Waals surface area contributed by atoms with Crippen LogP contribution in [0, 0.1) is 0 Å². The number of aromatic amines is 2. The molecule has 1 saturated heterocycles. The Labute approximate surface area is 211 Å². The van der Waals surface area contributed by atoms with Crippen LogP contribution in [-0.4, -0.2) is 46.0 Å². The Morgan fingerprint density at radius 1 is 0.946 bits per heavy atom. The van der Waals surface area contributed by atoms with Crippen molar-refractivity contribution in [3.05, 3.63) is 89.6 Å². The lowest BCUT2D eigenvalue weighted by molar-refractivity contribution is -0.132. The van der Waals surface area contributed by atoms with E-state index in [4.69, 9.17) is 9.47 Å². The highest BCUT2D eigenvalue weighted by molar-refractivity contribution is 6.51. The van der Waals surface area contributed by atoms with Gasteiger partial charge in [0, 0.05) is 28.7 Å². The first-order valence-electron chi connectivity index (χ1n) is 11.6. The van der Waals surface area contributed by atoms with Crippen LogP contribution in [0.3, 0.4) is 0 Å². The summed E-state index contributed by atoms with van der Waals surface area (Å²) in [7, 11) is 3.10. The number of hydrogen-bond donors (Lipinski definition) is 3. The van der Waals surface area contributed by atoms with Crippen molar-refractivity contribution in [2.75, 3.05) is 19.1 Å². The lowest BCUT2D eigenvalue weighted by Crippen LogP contribution is -2.30. The van der Waals surface area contributed by atoms with Crippen molar-refractivity contribution in [3.63, 3.8) is 0 Å². The van der Waals surface area contributed by atoms with Crippen molar-refractivity contribution in [1.29, 1.82) is 0 Å². The smallest absolute Gasteiger partial charge is 0.302 e. The number of nitrogens with one attached hydrogen (secondary N) is 2. The number of carbonyl (C=O) groups is 2. The summed E-state index contributed by atoms with van der Waals surface area (Å²) in [5.41, 5.74) is 2.99. The van der Waals surface area contributed by atoms with Crippen molar-refractivity contribution in [2.45, 2.75) is 6.04 Å². The molecule has 6 rings (SSSR count). The summed E-state index contributed by atoms with van der Waals surface area (Å²) < 4.78 is 10.7. The predicted octanol–water partition coefficient (Wildman–Crippen LogP) is 4.69. The van der Waals surface area contributed by atoms with Crippen LogP contribution in [0.5, 0.6) is 11.5 Å². The summed E-state index contributed by atoms with van der Waals surface area (Å²) in [5, 5.41) is 12.2. The molecule has 5 aromatic rings. The Hall–Kier alpha value is -5.05. The van der Waals surface area contributed by atoms with Gasteiger partial charge in [0.1, 0.15) is 17.3 Å². The number of rotatable bonds is 5. The third-order valence-corrected chi connectivity index (χ3v) is 6.60. The Bertz CT molecular complexity index is 1730. The van der Waals surface area contributed by atoms with Crippen LogP contribution in [0.4, 0.5) is 5.95 Å². The molecule has 1 aliphatic rings. The molecular weight excluding hydrogens is 472 g/mol. The third kappa shape index (κ3) is 3.51. The fraction of sp³-hybridized carbons (Fsp3) is 0.107. The van der Waals surface area contributed by atoms with Crippen LogP contribution in [0.25, 0.3) is 27.7 Å². The van der Waals surface area contributed by atoms with Crippen LogP contribution >= 0.6 is 0 Å². The first-order chi connectivity index (χ1) is 18.0. The standard InChI is InChI=1S/C28H22N4O5/c1-36-16-7-5-6-15(12-16)24-23(25(33)19-14-29-20-9-4-3-8-18(19)20)26(34)27(35)32(24)28-30-21-11-10-17(37-2)13-22(21)31-28/h3-14,24,29,33H,1-2H3,(H,30,31)/b25-23+. The number of Topliss-reactive ketones (excluding diaryl/α,β-unsaturated/α-hetero) is 1. The fourth-order valence-electron chi connectivity index (χ4n) is 4.81. The normalized spacial score (nSPS) is 17.1. The van der Waals surface area contributed by atoms with E-state index in [9.17, 15) is 14.7 Å². The summed E-state index contributed by atoms with van der Waals surface area (Å²) in [6.07, 6.45) is 1.63. The van der Waals surface area contributed by atoms with Crippen molar-refractivity contribution in [2.24, 2.45) is 0 Å². The molecule has 0 radical (unpaired) electrons. The molecule has 1 fully saturated rings. The van der Waals surface area contributed by atoms with E-state index in [1.54, 1.807) is 55.8 Å². The number of amides is 1. The Kier molecular flexibility index (Phi) is 5.19. The van der Waals surface area contributed by atoms with Crippen molar-refractivity contribution >= 4 is 45.3 Å². The van der Waals surface area contributed by atoms with Gasteiger partial charge in [0.2, 0.25) is 5.95 Å². The molecule has 1 aliphatic heterocycles. The number of aliphatic hydroxyl groups excluding tert-OH is 1. The third-order valence-electron chi connectivity index (χ3n) is 6.60. The van der Waals surface area contributed by atoms with Crippen molar-refractivity contribution in [1.82, 2.24) is 15.0 Å². The monoisotopic (exact) mass is 494 g/mol. The molecule has 3 heterocycles. The van der Waals surface area contributed by atoms with Gasteiger partial charge in [-0.05, 0) is 35.9 Å². The summed E-state index contributed by atoms with van der Waals surface area (Å²) in [6, 6.07) is 18.8. The van der Waals surface area contributed by atoms with Gasteiger partial charge in [-0.1, -0.05) is 30.3 Å². The number of anilines is 1. The van der Waals surface area contributed by atoms with Gasteiger partial charge in [-0.15, -0.1) is 0 Å². The molecule has 2 aromatic heterocycles. The Morgan fingerprint density at radius 3 is 2.54 bits per heavy atom. The average Bonchev–Trinajstić information content (AvgIpc) is 3.62. The molecule has 3 aromatic carbocycles. The van der Waals surface area contributed by atoms with Gasteiger partial charge in [-0.2, -0.15) is 0 Å². The topological polar surface area (TPSA) is 121 Å². The minimum absolute atomic E-state index is 0.0407. The predicted molar refractivity (Wildman–Crippen MR) is 139 cm³/mol. The molecule has 0 spiro atoms. The van der Waals surface area contributed by atoms with Gasteiger partial charge in [0.05, 0.1) is 36.9 Å². The SMILES string of the molecule is COc1cccc(C2/C(=C(\O)c3c[nH]c4ccccc34)C(=O)C(=O)N2c2nc3ccc(OC)cc3[nH]2)c1. The van der Waals surface area contributed by atoms with Crippen LogP contribution in [-0.2, 0) is 9.59 Å². The molecule has 0 saturated carbocycles. The van der Waals surface area contributed by atoms with Crippen LogP contribution in [0.2, 0.25) is 0 Å². The first-order valence-corrected chi connectivity index (χ1v) is 11.6. The number of methoxy groups -OCH3 is 2. The van der Waals surface area contributed by atoms with Gasteiger partial charge in [-0.3, -0.25) is 14.5 Å². The summed E-state index contributed by atoms with van der Waals surface area (Å²) in [6.45, 7) is 0. The highest BCUT2D eigenvalue weighted by Gasteiger charge is 2.48. The molecular formula is C28H22N4O5. The number of H-pyrrole nitrogens is 2. The Morgan fingerprint density at radius 2 is 1.73 bits per heavy atom. The lowest BCUT2D eigenvalue weighted by atomic mass is 9.95. The molecule has 1 amide bonds. The highest BCUT2D eigenvalue weighted by Crippen LogP contribution is 2.43. The minimum Gasteiger partial charge on any atom is -0.507 e. The molecule has 9 heteroatoms. The van der Waals surface area contributed by atoms with E-state index in [1.807, 2.05) is 24.3 Å². The van der Waals surface area contributed by atoms with Crippen molar-refractivity contribution in [3.8, 4) is 11.5 Å². The molecule has 184 valence electrons. The zero-order chi connectivity index (χ0) is 25.7. The van der Waals surface area contributed by atoms with Gasteiger partial charge >= 0.3 is 5.91 Å². The van der Waals surface area contributed by atoms with Crippen molar-refractivity contribution < 1.29 is 24.2 Å². The van der Waals surface area contributed by atoms with E-state index in [0.717, 1.165) is 10.9 Å². The maximum Gasteiger partial charge on any atom is 0.302 e. The number of para-hydroxylation sites is 1. The van der Waals surface area contributed by atoms with E-state index in [0.29, 0.717) is 33.7 Å².